The van der Waals surface area contributed by atoms with E-state index < -0.39 is 0 Å². The summed E-state index contributed by atoms with van der Waals surface area (Å²) in [5.74, 6) is 2.48. The van der Waals surface area contributed by atoms with Crippen molar-refractivity contribution in [2.24, 2.45) is 10.9 Å². The summed E-state index contributed by atoms with van der Waals surface area (Å²) in [6.07, 6.45) is 6.13. The van der Waals surface area contributed by atoms with Gasteiger partial charge in [-0.05, 0) is 36.5 Å². The second-order valence-corrected chi connectivity index (χ2v) is 8.57. The number of piperidine rings is 1. The van der Waals surface area contributed by atoms with Gasteiger partial charge in [-0.3, -0.25) is 9.89 Å². The molecule has 1 aliphatic heterocycles. The van der Waals surface area contributed by atoms with Gasteiger partial charge in [-0.1, -0.05) is 37.6 Å². The standard InChI is InChI=1S/C22H33ClN6.HI/c1-17(2)15-29-13-10-25-21(29)14-26-22(24-3)27-20-8-11-28(12-9-20)16-18-4-6-19(23)7-5-18;/h4-7,10,13,17,20H,8-9,11-12,14-16H2,1-3H3,(H2,24,26,27);1H. The monoisotopic (exact) mass is 544 g/mol. The lowest BCUT2D eigenvalue weighted by Crippen LogP contribution is -2.48. The van der Waals surface area contributed by atoms with Crippen LogP contribution < -0.4 is 10.6 Å². The zero-order valence-corrected chi connectivity index (χ0v) is 21.2. The molecule has 0 amide bonds. The second kappa shape index (κ2) is 12.5. The molecule has 1 aliphatic rings. The predicted octanol–water partition coefficient (Wildman–Crippen LogP) is 4.14. The van der Waals surface area contributed by atoms with E-state index in [1.54, 1.807) is 0 Å². The zero-order valence-electron chi connectivity index (χ0n) is 18.1. The van der Waals surface area contributed by atoms with Crippen LogP contribution in [0.3, 0.4) is 0 Å². The SMILES string of the molecule is CN=C(NCc1nccn1CC(C)C)NC1CCN(Cc2ccc(Cl)cc2)CC1.I. The number of guanidine groups is 1. The van der Waals surface area contributed by atoms with Crippen LogP contribution >= 0.6 is 35.6 Å². The fourth-order valence-corrected chi connectivity index (χ4v) is 3.83. The first-order valence-electron chi connectivity index (χ1n) is 10.5. The van der Waals surface area contributed by atoms with E-state index in [-0.39, 0.29) is 24.0 Å². The number of nitrogens with one attached hydrogen (secondary N) is 2. The Bertz CT molecular complexity index is 781. The predicted molar refractivity (Wildman–Crippen MR) is 136 cm³/mol. The number of imidazole rings is 1. The number of aromatic nitrogens is 2. The molecule has 2 N–H and O–H groups in total. The van der Waals surface area contributed by atoms with Gasteiger partial charge < -0.3 is 15.2 Å². The molecule has 166 valence electrons. The highest BCUT2D eigenvalue weighted by Crippen LogP contribution is 2.16. The lowest BCUT2D eigenvalue weighted by Gasteiger charge is -2.33. The Kier molecular flexibility index (Phi) is 10.4. The maximum atomic E-state index is 5.98. The molecule has 0 saturated carbocycles. The smallest absolute Gasteiger partial charge is 0.191 e. The number of nitrogens with zero attached hydrogens (tertiary/aromatic N) is 4. The van der Waals surface area contributed by atoms with Crippen LogP contribution in [0.5, 0.6) is 0 Å². The maximum Gasteiger partial charge on any atom is 0.191 e. The van der Waals surface area contributed by atoms with E-state index in [1.807, 2.05) is 31.6 Å². The summed E-state index contributed by atoms with van der Waals surface area (Å²) in [7, 11) is 1.82. The molecule has 2 aromatic rings. The minimum absolute atomic E-state index is 0. The number of benzene rings is 1. The van der Waals surface area contributed by atoms with Crippen molar-refractivity contribution in [1.29, 1.82) is 0 Å². The highest BCUT2D eigenvalue weighted by atomic mass is 127. The van der Waals surface area contributed by atoms with Crippen LogP contribution in [0.25, 0.3) is 0 Å². The Labute approximate surface area is 202 Å². The van der Waals surface area contributed by atoms with Crippen molar-refractivity contribution in [3.05, 3.63) is 53.1 Å². The molecule has 1 aromatic carbocycles. The molecule has 0 radical (unpaired) electrons. The van der Waals surface area contributed by atoms with Gasteiger partial charge in [0, 0.05) is 56.7 Å². The van der Waals surface area contributed by atoms with Gasteiger partial charge in [-0.25, -0.2) is 4.98 Å². The summed E-state index contributed by atoms with van der Waals surface area (Å²) < 4.78 is 2.21. The molecule has 0 atom stereocenters. The van der Waals surface area contributed by atoms with E-state index in [0.717, 1.165) is 55.8 Å². The first-order valence-corrected chi connectivity index (χ1v) is 10.8. The summed E-state index contributed by atoms with van der Waals surface area (Å²) in [6.45, 7) is 9.24. The van der Waals surface area contributed by atoms with Gasteiger partial charge in [0.25, 0.3) is 0 Å². The van der Waals surface area contributed by atoms with Crippen LogP contribution in [0.15, 0.2) is 41.7 Å². The number of halogens is 2. The Morgan fingerprint density at radius 2 is 1.93 bits per heavy atom. The molecule has 30 heavy (non-hydrogen) atoms. The molecule has 8 heteroatoms. The van der Waals surface area contributed by atoms with Crippen molar-refractivity contribution in [3.8, 4) is 0 Å². The summed E-state index contributed by atoms with van der Waals surface area (Å²) in [5.41, 5.74) is 1.31. The van der Waals surface area contributed by atoms with E-state index in [0.29, 0.717) is 18.5 Å². The Hall–Kier alpha value is -1.32. The van der Waals surface area contributed by atoms with Crippen LogP contribution in [0.4, 0.5) is 0 Å². The van der Waals surface area contributed by atoms with Crippen LogP contribution in [0, 0.1) is 5.92 Å². The highest BCUT2D eigenvalue weighted by molar-refractivity contribution is 14.0. The van der Waals surface area contributed by atoms with E-state index in [2.05, 4.69) is 56.1 Å². The normalized spacial score (nSPS) is 15.8. The first-order chi connectivity index (χ1) is 14.0. The van der Waals surface area contributed by atoms with Crippen molar-refractivity contribution < 1.29 is 0 Å². The fraction of sp³-hybridized carbons (Fsp3) is 0.545. The number of hydrogen-bond donors (Lipinski definition) is 2. The molecular weight excluding hydrogens is 511 g/mol. The number of rotatable bonds is 7. The molecule has 0 aliphatic carbocycles. The van der Waals surface area contributed by atoms with Gasteiger partial charge in [-0.15, -0.1) is 24.0 Å². The van der Waals surface area contributed by atoms with Gasteiger partial charge in [0.15, 0.2) is 5.96 Å². The van der Waals surface area contributed by atoms with Crippen molar-refractivity contribution in [2.75, 3.05) is 20.1 Å². The molecule has 3 rings (SSSR count). The molecule has 0 unspecified atom stereocenters. The Morgan fingerprint density at radius 3 is 2.57 bits per heavy atom. The van der Waals surface area contributed by atoms with E-state index in [9.17, 15) is 0 Å². The van der Waals surface area contributed by atoms with Crippen molar-refractivity contribution in [3.63, 3.8) is 0 Å². The second-order valence-electron chi connectivity index (χ2n) is 8.14. The van der Waals surface area contributed by atoms with Crippen LogP contribution in [0.2, 0.25) is 5.02 Å². The quantitative estimate of drug-likeness (QED) is 0.313. The highest BCUT2D eigenvalue weighted by Gasteiger charge is 2.20. The third-order valence-corrected chi connectivity index (χ3v) is 5.50. The zero-order chi connectivity index (χ0) is 20.6. The van der Waals surface area contributed by atoms with Gasteiger partial charge in [0.05, 0.1) is 6.54 Å². The average molecular weight is 545 g/mol. The summed E-state index contributed by atoms with van der Waals surface area (Å²) >= 11 is 5.98. The molecule has 6 nitrogen and oxygen atoms in total. The Morgan fingerprint density at radius 1 is 1.23 bits per heavy atom. The van der Waals surface area contributed by atoms with Gasteiger partial charge in [0.1, 0.15) is 5.82 Å². The lowest BCUT2D eigenvalue weighted by molar-refractivity contribution is 0.198. The average Bonchev–Trinajstić information content (AvgIpc) is 3.14. The molecule has 1 aromatic heterocycles. The molecule has 1 saturated heterocycles. The minimum Gasteiger partial charge on any atom is -0.354 e. The molecule has 1 fully saturated rings. The first kappa shape index (κ1) is 24.9. The van der Waals surface area contributed by atoms with E-state index >= 15 is 0 Å². The molecular formula is C22H34ClIN6. The van der Waals surface area contributed by atoms with Crippen LogP contribution in [-0.2, 0) is 19.6 Å². The fourth-order valence-electron chi connectivity index (χ4n) is 3.70. The lowest BCUT2D eigenvalue weighted by atomic mass is 10.0. The van der Waals surface area contributed by atoms with Gasteiger partial charge >= 0.3 is 0 Å². The summed E-state index contributed by atoms with van der Waals surface area (Å²) in [4.78, 5) is 11.4. The number of aliphatic imine (C=N–C) groups is 1. The summed E-state index contributed by atoms with van der Waals surface area (Å²) in [5, 5.41) is 7.79. The Balaban J connectivity index is 0.00000320. The van der Waals surface area contributed by atoms with Crippen LogP contribution in [0.1, 0.15) is 38.1 Å². The summed E-state index contributed by atoms with van der Waals surface area (Å²) in [6, 6.07) is 8.60. The van der Waals surface area contributed by atoms with E-state index in [1.165, 1.54) is 5.56 Å². The topological polar surface area (TPSA) is 57.5 Å². The maximum absolute atomic E-state index is 5.98. The molecule has 0 bridgehead atoms. The largest absolute Gasteiger partial charge is 0.354 e. The van der Waals surface area contributed by atoms with Gasteiger partial charge in [-0.2, -0.15) is 0 Å². The van der Waals surface area contributed by atoms with Crippen molar-refractivity contribution >= 4 is 41.5 Å². The minimum atomic E-state index is 0. The number of hydrogen-bond acceptors (Lipinski definition) is 3. The number of likely N-dealkylation sites (tertiary alicyclic amines) is 1. The molecule has 2 heterocycles. The molecule has 0 spiro atoms. The van der Waals surface area contributed by atoms with Crippen LogP contribution in [-0.4, -0.2) is 46.6 Å². The van der Waals surface area contributed by atoms with Crippen molar-refractivity contribution in [2.45, 2.75) is 52.4 Å². The van der Waals surface area contributed by atoms with Gasteiger partial charge in [0.2, 0.25) is 0 Å². The third-order valence-electron chi connectivity index (χ3n) is 5.25. The van der Waals surface area contributed by atoms with E-state index in [4.69, 9.17) is 11.6 Å². The third kappa shape index (κ3) is 7.74. The van der Waals surface area contributed by atoms with Crippen molar-refractivity contribution in [1.82, 2.24) is 25.1 Å².